The first-order valence-corrected chi connectivity index (χ1v) is 8.81. The third-order valence-corrected chi connectivity index (χ3v) is 4.63. The highest BCUT2D eigenvalue weighted by Crippen LogP contribution is 2.12. The number of rotatable bonds is 4. The van der Waals surface area contributed by atoms with E-state index < -0.39 is 0 Å². The van der Waals surface area contributed by atoms with Crippen LogP contribution in [0.1, 0.15) is 19.8 Å². The van der Waals surface area contributed by atoms with E-state index in [1.807, 2.05) is 13.1 Å². The average Bonchev–Trinajstić information content (AvgIpc) is 2.63. The molecule has 2 saturated heterocycles. The van der Waals surface area contributed by atoms with Crippen LogP contribution in [0.25, 0.3) is 0 Å². The number of carbonyl (C=O) groups excluding carboxylic acids is 2. The van der Waals surface area contributed by atoms with Gasteiger partial charge < -0.3 is 24.8 Å². The largest absolute Gasteiger partial charge is 0.450 e. The Bertz CT molecular complexity index is 541. The lowest BCUT2D eigenvalue weighted by molar-refractivity contribution is -0.128. The monoisotopic (exact) mass is 349 g/mol. The molecule has 2 amide bonds. The molecule has 2 fully saturated rings. The van der Waals surface area contributed by atoms with Gasteiger partial charge in [-0.1, -0.05) is 0 Å². The van der Waals surface area contributed by atoms with E-state index in [0.717, 1.165) is 25.9 Å². The van der Waals surface area contributed by atoms with E-state index in [1.54, 1.807) is 16.7 Å². The highest BCUT2D eigenvalue weighted by atomic mass is 16.6. The van der Waals surface area contributed by atoms with Crippen LogP contribution in [0, 0.1) is 11.3 Å². The van der Waals surface area contributed by atoms with Crippen molar-refractivity contribution in [2.24, 2.45) is 0 Å². The molecule has 0 spiro atoms. The lowest BCUT2D eigenvalue weighted by atomic mass is 10.1. The number of piperazine rings is 1. The Morgan fingerprint density at radius 2 is 1.80 bits per heavy atom. The molecule has 138 valence electrons. The van der Waals surface area contributed by atoms with Gasteiger partial charge in [0.25, 0.3) is 5.91 Å². The maximum Gasteiger partial charge on any atom is 0.409 e. The number of piperidine rings is 1. The number of likely N-dealkylation sites (tertiary alicyclic amines) is 1. The minimum atomic E-state index is -0.278. The Morgan fingerprint density at radius 3 is 2.36 bits per heavy atom. The SMILES string of the molecule is CCOC(=O)N1CCC(N/C=C(/C#N)C(=O)N2CCN(C)CC2)CC1. The van der Waals surface area contributed by atoms with E-state index in [0.29, 0.717) is 32.8 Å². The lowest BCUT2D eigenvalue weighted by Gasteiger charge is -2.33. The molecule has 2 aliphatic heterocycles. The molecular weight excluding hydrogens is 322 g/mol. The molecule has 0 aromatic carbocycles. The summed E-state index contributed by atoms with van der Waals surface area (Å²) in [5.74, 6) is -0.216. The quantitative estimate of drug-likeness (QED) is 0.583. The second kappa shape index (κ2) is 9.28. The number of carbonyl (C=O) groups is 2. The fraction of sp³-hybridized carbons (Fsp3) is 0.706. The van der Waals surface area contributed by atoms with Crippen molar-refractivity contribution >= 4 is 12.0 Å². The summed E-state index contributed by atoms with van der Waals surface area (Å²) in [7, 11) is 2.02. The van der Waals surface area contributed by atoms with Gasteiger partial charge in [-0.15, -0.1) is 0 Å². The molecule has 0 bridgehead atoms. The molecular formula is C17H27N5O3. The standard InChI is InChI=1S/C17H27N5O3/c1-3-25-17(24)22-6-4-15(5-7-22)19-13-14(12-18)16(23)21-10-8-20(2)9-11-21/h13,15,19H,3-11H2,1-2H3/b14-13-. The van der Waals surface area contributed by atoms with Crippen molar-refractivity contribution in [2.45, 2.75) is 25.8 Å². The number of amides is 2. The fourth-order valence-corrected chi connectivity index (χ4v) is 2.97. The van der Waals surface area contributed by atoms with Gasteiger partial charge in [0, 0.05) is 51.5 Å². The van der Waals surface area contributed by atoms with Gasteiger partial charge in [0.15, 0.2) is 0 Å². The van der Waals surface area contributed by atoms with Crippen LogP contribution in [0.15, 0.2) is 11.8 Å². The Kier molecular flexibility index (Phi) is 7.07. The van der Waals surface area contributed by atoms with Crippen LogP contribution in [0.2, 0.25) is 0 Å². The number of hydrogen-bond donors (Lipinski definition) is 1. The molecule has 2 heterocycles. The molecule has 0 unspecified atom stereocenters. The molecule has 1 N–H and O–H groups in total. The van der Waals surface area contributed by atoms with Gasteiger partial charge in [-0.3, -0.25) is 4.79 Å². The number of nitrogens with one attached hydrogen (secondary N) is 1. The minimum Gasteiger partial charge on any atom is -0.450 e. The molecule has 25 heavy (non-hydrogen) atoms. The van der Waals surface area contributed by atoms with Gasteiger partial charge in [0.1, 0.15) is 11.6 Å². The first kappa shape index (κ1) is 19.1. The summed E-state index contributed by atoms with van der Waals surface area (Å²) in [6.45, 7) is 6.32. The highest BCUT2D eigenvalue weighted by Gasteiger charge is 2.25. The maximum absolute atomic E-state index is 12.4. The molecule has 0 atom stereocenters. The molecule has 0 radical (unpaired) electrons. The number of nitriles is 1. The van der Waals surface area contributed by atoms with Crippen molar-refractivity contribution in [2.75, 3.05) is 52.9 Å². The zero-order valence-electron chi connectivity index (χ0n) is 15.0. The fourth-order valence-electron chi connectivity index (χ4n) is 2.97. The predicted molar refractivity (Wildman–Crippen MR) is 92.5 cm³/mol. The molecule has 0 aromatic rings. The van der Waals surface area contributed by atoms with Crippen molar-refractivity contribution in [3.8, 4) is 6.07 Å². The smallest absolute Gasteiger partial charge is 0.409 e. The topological polar surface area (TPSA) is 88.9 Å². The van der Waals surface area contributed by atoms with Crippen LogP contribution >= 0.6 is 0 Å². The third kappa shape index (κ3) is 5.36. The average molecular weight is 349 g/mol. The number of hydrogen-bond acceptors (Lipinski definition) is 6. The first-order chi connectivity index (χ1) is 12.0. The molecule has 8 heteroatoms. The van der Waals surface area contributed by atoms with Crippen molar-refractivity contribution in [3.05, 3.63) is 11.8 Å². The van der Waals surface area contributed by atoms with Gasteiger partial charge >= 0.3 is 6.09 Å². The summed E-state index contributed by atoms with van der Waals surface area (Å²) in [4.78, 5) is 29.7. The normalized spacial score (nSPS) is 20.1. The van der Waals surface area contributed by atoms with Crippen LogP contribution in [-0.4, -0.2) is 85.7 Å². The van der Waals surface area contributed by atoms with E-state index in [1.165, 1.54) is 6.20 Å². The number of likely N-dealkylation sites (N-methyl/N-ethyl adjacent to an activating group) is 1. The summed E-state index contributed by atoms with van der Waals surface area (Å²) in [6, 6.07) is 2.15. The molecule has 0 aliphatic carbocycles. The van der Waals surface area contributed by atoms with E-state index in [9.17, 15) is 14.9 Å². The van der Waals surface area contributed by atoms with Crippen LogP contribution in [0.5, 0.6) is 0 Å². The van der Waals surface area contributed by atoms with Gasteiger partial charge in [-0.2, -0.15) is 5.26 Å². The molecule has 8 nitrogen and oxygen atoms in total. The van der Waals surface area contributed by atoms with Crippen molar-refractivity contribution in [1.82, 2.24) is 20.0 Å². The Morgan fingerprint density at radius 1 is 1.16 bits per heavy atom. The molecule has 0 aromatic heterocycles. The van der Waals surface area contributed by atoms with Gasteiger partial charge in [0.05, 0.1) is 6.61 Å². The highest BCUT2D eigenvalue weighted by molar-refractivity contribution is 5.97. The van der Waals surface area contributed by atoms with E-state index in [4.69, 9.17) is 4.74 Å². The Labute approximate surface area is 149 Å². The van der Waals surface area contributed by atoms with Gasteiger partial charge in [0.2, 0.25) is 0 Å². The lowest BCUT2D eigenvalue weighted by Crippen LogP contribution is -2.48. The van der Waals surface area contributed by atoms with Crippen molar-refractivity contribution in [1.29, 1.82) is 5.26 Å². The number of nitrogens with zero attached hydrogens (tertiary/aromatic N) is 4. The van der Waals surface area contributed by atoms with Gasteiger partial charge in [-0.25, -0.2) is 4.79 Å². The molecule has 2 aliphatic rings. The molecule has 2 rings (SSSR count). The number of ether oxygens (including phenoxy) is 1. The predicted octanol–water partition coefficient (Wildman–Crippen LogP) is 0.378. The van der Waals surface area contributed by atoms with Gasteiger partial charge in [-0.05, 0) is 26.8 Å². The van der Waals surface area contributed by atoms with Crippen molar-refractivity contribution in [3.63, 3.8) is 0 Å². The van der Waals surface area contributed by atoms with E-state index in [2.05, 4.69) is 10.2 Å². The minimum absolute atomic E-state index is 0.136. The maximum atomic E-state index is 12.4. The second-order valence-corrected chi connectivity index (χ2v) is 6.39. The Balaban J connectivity index is 1.82. The van der Waals surface area contributed by atoms with Crippen molar-refractivity contribution < 1.29 is 14.3 Å². The zero-order valence-corrected chi connectivity index (χ0v) is 15.0. The van der Waals surface area contributed by atoms with Crippen LogP contribution in [0.4, 0.5) is 4.79 Å². The summed E-state index contributed by atoms with van der Waals surface area (Å²) >= 11 is 0. The summed E-state index contributed by atoms with van der Waals surface area (Å²) < 4.78 is 5.00. The van der Waals surface area contributed by atoms with Crippen LogP contribution < -0.4 is 5.32 Å². The van der Waals surface area contributed by atoms with E-state index >= 15 is 0 Å². The zero-order chi connectivity index (χ0) is 18.2. The van der Waals surface area contributed by atoms with Crippen LogP contribution in [-0.2, 0) is 9.53 Å². The molecule has 0 saturated carbocycles. The summed E-state index contributed by atoms with van der Waals surface area (Å²) in [5, 5.41) is 12.5. The van der Waals surface area contributed by atoms with Crippen LogP contribution in [0.3, 0.4) is 0 Å². The van der Waals surface area contributed by atoms with E-state index in [-0.39, 0.29) is 23.6 Å². The second-order valence-electron chi connectivity index (χ2n) is 6.39. The summed E-state index contributed by atoms with van der Waals surface area (Å²) in [5.41, 5.74) is 0.136. The Hall–Kier alpha value is -2.27. The first-order valence-electron chi connectivity index (χ1n) is 8.81. The third-order valence-electron chi connectivity index (χ3n) is 4.63. The summed E-state index contributed by atoms with van der Waals surface area (Å²) in [6.07, 6.45) is 2.78.